The molecule has 14 heavy (non-hydrogen) atoms. The number of benzene rings is 1. The number of rotatable bonds is 4. The summed E-state index contributed by atoms with van der Waals surface area (Å²) in [5, 5.41) is 9.01. The minimum atomic E-state index is -1.24. The van der Waals surface area contributed by atoms with Crippen molar-refractivity contribution in [2.24, 2.45) is 0 Å². The maximum Gasteiger partial charge on any atom is 0.339 e. The number of carbonyl (C=O) groups is 1. The van der Waals surface area contributed by atoms with E-state index in [9.17, 15) is 4.79 Å². The van der Waals surface area contributed by atoms with E-state index in [-0.39, 0.29) is 6.61 Å². The Bertz CT molecular complexity index is 306. The molecule has 1 rings (SSSR count). The third kappa shape index (κ3) is 3.03. The summed E-state index contributed by atoms with van der Waals surface area (Å²) < 4.78 is 4.82. The van der Waals surface area contributed by atoms with E-state index in [4.69, 9.17) is 9.84 Å². The second-order valence-corrected chi connectivity index (χ2v) is 2.77. The Kier molecular flexibility index (Phi) is 3.88. The van der Waals surface area contributed by atoms with Crippen LogP contribution in [0.25, 0.3) is 0 Å². The number of aliphatic hydroxyl groups is 1. The fourth-order valence-electron chi connectivity index (χ4n) is 0.910. The summed E-state index contributed by atoms with van der Waals surface area (Å²) in [5.41, 5.74) is 0.886. The van der Waals surface area contributed by atoms with Crippen LogP contribution in [0.1, 0.15) is 5.56 Å². The van der Waals surface area contributed by atoms with Crippen LogP contribution in [-0.2, 0) is 16.1 Å². The molecule has 0 spiro atoms. The fourth-order valence-corrected chi connectivity index (χ4v) is 0.910. The molecular weight excluding hydrogens is 180 g/mol. The van der Waals surface area contributed by atoms with Crippen molar-refractivity contribution < 1.29 is 14.6 Å². The third-order valence-electron chi connectivity index (χ3n) is 1.69. The second kappa shape index (κ2) is 5.19. The molecule has 1 N–H and O–H groups in total. The van der Waals surface area contributed by atoms with Crippen molar-refractivity contribution in [3.63, 3.8) is 0 Å². The number of hydrogen-bond acceptors (Lipinski definition) is 3. The van der Waals surface area contributed by atoms with Crippen LogP contribution < -0.4 is 0 Å². The summed E-state index contributed by atoms with van der Waals surface area (Å²) in [5.74, 6) is -0.677. The fraction of sp³-hybridized carbons (Fsp3) is 0.182. The second-order valence-electron chi connectivity index (χ2n) is 2.77. The average Bonchev–Trinajstić information content (AvgIpc) is 2.26. The Hall–Kier alpha value is -1.61. The molecule has 1 aromatic rings. The first kappa shape index (κ1) is 10.5. The van der Waals surface area contributed by atoms with E-state index < -0.39 is 12.1 Å². The largest absolute Gasteiger partial charge is 0.459 e. The summed E-state index contributed by atoms with van der Waals surface area (Å²) in [6.45, 7) is 3.46. The molecule has 0 radical (unpaired) electrons. The van der Waals surface area contributed by atoms with Gasteiger partial charge in [0.15, 0.2) is 6.10 Å². The van der Waals surface area contributed by atoms with E-state index in [1.165, 1.54) is 0 Å². The highest BCUT2D eigenvalue weighted by Gasteiger charge is 2.11. The quantitative estimate of drug-likeness (QED) is 0.577. The molecular formula is C11H12O3. The van der Waals surface area contributed by atoms with Gasteiger partial charge in [0.25, 0.3) is 0 Å². The van der Waals surface area contributed by atoms with Gasteiger partial charge in [-0.25, -0.2) is 4.79 Å². The summed E-state index contributed by atoms with van der Waals surface area (Å²) in [6, 6.07) is 9.27. The van der Waals surface area contributed by atoms with Crippen molar-refractivity contribution >= 4 is 5.97 Å². The molecule has 74 valence electrons. The molecule has 1 atom stereocenters. The van der Waals surface area contributed by atoms with Gasteiger partial charge < -0.3 is 9.84 Å². The molecule has 3 nitrogen and oxygen atoms in total. The van der Waals surface area contributed by atoms with Gasteiger partial charge in [0.2, 0.25) is 0 Å². The van der Waals surface area contributed by atoms with Crippen LogP contribution >= 0.6 is 0 Å². The van der Waals surface area contributed by atoms with Gasteiger partial charge in [-0.2, -0.15) is 0 Å². The average molecular weight is 192 g/mol. The standard InChI is InChI=1S/C11H12O3/c1-2-10(12)11(13)14-8-9-6-4-3-5-7-9/h2-7,10,12H,1,8H2. The number of ether oxygens (including phenoxy) is 1. The first-order valence-corrected chi connectivity index (χ1v) is 4.25. The zero-order chi connectivity index (χ0) is 10.4. The first-order chi connectivity index (χ1) is 6.74. The van der Waals surface area contributed by atoms with E-state index >= 15 is 0 Å². The summed E-state index contributed by atoms with van der Waals surface area (Å²) in [7, 11) is 0. The van der Waals surface area contributed by atoms with Crippen molar-refractivity contribution in [1.29, 1.82) is 0 Å². The van der Waals surface area contributed by atoms with Crippen LogP contribution in [0.15, 0.2) is 43.0 Å². The molecule has 0 aliphatic rings. The van der Waals surface area contributed by atoms with Crippen LogP contribution in [0.4, 0.5) is 0 Å². The molecule has 1 aromatic carbocycles. The van der Waals surface area contributed by atoms with Crippen molar-refractivity contribution in [1.82, 2.24) is 0 Å². The molecule has 0 amide bonds. The lowest BCUT2D eigenvalue weighted by Gasteiger charge is -2.06. The predicted octanol–water partition coefficient (Wildman–Crippen LogP) is 1.28. The Morgan fingerprint density at radius 3 is 2.71 bits per heavy atom. The molecule has 0 saturated heterocycles. The van der Waals surface area contributed by atoms with Gasteiger partial charge in [-0.05, 0) is 5.56 Å². The van der Waals surface area contributed by atoms with E-state index in [2.05, 4.69) is 6.58 Å². The van der Waals surface area contributed by atoms with Gasteiger partial charge in [0, 0.05) is 0 Å². The maximum absolute atomic E-state index is 11.0. The van der Waals surface area contributed by atoms with Gasteiger partial charge in [0.05, 0.1) is 0 Å². The minimum absolute atomic E-state index is 0.171. The van der Waals surface area contributed by atoms with Crippen molar-refractivity contribution in [3.05, 3.63) is 48.6 Å². The van der Waals surface area contributed by atoms with Gasteiger partial charge >= 0.3 is 5.97 Å². The smallest absolute Gasteiger partial charge is 0.339 e. The normalized spacial score (nSPS) is 11.8. The van der Waals surface area contributed by atoms with Crippen molar-refractivity contribution in [2.75, 3.05) is 0 Å². The highest BCUT2D eigenvalue weighted by molar-refractivity contribution is 5.76. The van der Waals surface area contributed by atoms with Crippen molar-refractivity contribution in [3.8, 4) is 0 Å². The highest BCUT2D eigenvalue weighted by atomic mass is 16.5. The topological polar surface area (TPSA) is 46.5 Å². The van der Waals surface area contributed by atoms with Gasteiger partial charge in [-0.3, -0.25) is 0 Å². The lowest BCUT2D eigenvalue weighted by molar-refractivity contribution is -0.152. The summed E-state index contributed by atoms with van der Waals surface area (Å²) >= 11 is 0. The van der Waals surface area contributed by atoms with Crippen LogP contribution in [-0.4, -0.2) is 17.2 Å². The van der Waals surface area contributed by atoms with Crippen LogP contribution in [0.3, 0.4) is 0 Å². The Morgan fingerprint density at radius 1 is 1.50 bits per heavy atom. The van der Waals surface area contributed by atoms with E-state index in [1.807, 2.05) is 30.3 Å². The molecule has 0 aromatic heterocycles. The molecule has 0 fully saturated rings. The molecule has 0 aliphatic carbocycles. The van der Waals surface area contributed by atoms with Gasteiger partial charge in [0.1, 0.15) is 6.61 Å². The Morgan fingerprint density at radius 2 is 2.14 bits per heavy atom. The van der Waals surface area contributed by atoms with E-state index in [0.29, 0.717) is 0 Å². The Balaban J connectivity index is 2.42. The third-order valence-corrected chi connectivity index (χ3v) is 1.69. The maximum atomic E-state index is 11.0. The molecule has 3 heteroatoms. The number of esters is 1. The van der Waals surface area contributed by atoms with Gasteiger partial charge in [-0.1, -0.05) is 43.0 Å². The monoisotopic (exact) mass is 192 g/mol. The first-order valence-electron chi connectivity index (χ1n) is 4.25. The molecule has 1 unspecified atom stereocenters. The van der Waals surface area contributed by atoms with E-state index in [1.54, 1.807) is 0 Å². The molecule has 0 saturated carbocycles. The summed E-state index contributed by atoms with van der Waals surface area (Å²) in [4.78, 5) is 11.0. The van der Waals surface area contributed by atoms with Crippen LogP contribution in [0, 0.1) is 0 Å². The predicted molar refractivity (Wildman–Crippen MR) is 52.4 cm³/mol. The molecule has 0 aliphatic heterocycles. The Labute approximate surface area is 82.6 Å². The SMILES string of the molecule is C=CC(O)C(=O)OCc1ccccc1. The highest BCUT2D eigenvalue weighted by Crippen LogP contribution is 2.01. The minimum Gasteiger partial charge on any atom is -0.459 e. The number of hydrogen-bond donors (Lipinski definition) is 1. The molecule has 0 bridgehead atoms. The lowest BCUT2D eigenvalue weighted by Crippen LogP contribution is -2.20. The van der Waals surface area contributed by atoms with E-state index in [0.717, 1.165) is 11.6 Å². The van der Waals surface area contributed by atoms with Crippen LogP contribution in [0.2, 0.25) is 0 Å². The lowest BCUT2D eigenvalue weighted by atomic mass is 10.2. The number of carbonyl (C=O) groups excluding carboxylic acids is 1. The van der Waals surface area contributed by atoms with Crippen LogP contribution in [0.5, 0.6) is 0 Å². The zero-order valence-electron chi connectivity index (χ0n) is 7.72. The molecule has 0 heterocycles. The zero-order valence-corrected chi connectivity index (χ0v) is 7.72. The van der Waals surface area contributed by atoms with Crippen molar-refractivity contribution in [2.45, 2.75) is 12.7 Å². The van der Waals surface area contributed by atoms with Gasteiger partial charge in [-0.15, -0.1) is 0 Å². The summed E-state index contributed by atoms with van der Waals surface area (Å²) in [6.07, 6.45) is -0.105. The number of aliphatic hydroxyl groups excluding tert-OH is 1.